The number of amides is 3. The summed E-state index contributed by atoms with van der Waals surface area (Å²) in [7, 11) is 1.29. The van der Waals surface area contributed by atoms with Crippen LogP contribution in [-0.2, 0) is 19.1 Å². The van der Waals surface area contributed by atoms with Crippen molar-refractivity contribution in [3.63, 3.8) is 0 Å². The van der Waals surface area contributed by atoms with E-state index in [4.69, 9.17) is 0 Å². The fraction of sp³-hybridized carbons (Fsp3) is 0.500. The Morgan fingerprint density at radius 2 is 1.78 bits per heavy atom. The van der Waals surface area contributed by atoms with Crippen LogP contribution in [0.15, 0.2) is 18.2 Å². The molecule has 1 aliphatic carbocycles. The first kappa shape index (κ1) is 19.1. The van der Waals surface area contributed by atoms with Gasteiger partial charge >= 0.3 is 5.97 Å². The van der Waals surface area contributed by atoms with Crippen LogP contribution in [0.1, 0.15) is 48.0 Å². The summed E-state index contributed by atoms with van der Waals surface area (Å²) in [6.45, 7) is 1.90. The van der Waals surface area contributed by atoms with E-state index in [1.807, 2.05) is 6.92 Å². The minimum absolute atomic E-state index is 0.0266. The van der Waals surface area contributed by atoms with Crippen molar-refractivity contribution in [1.29, 1.82) is 0 Å². The zero-order valence-corrected chi connectivity index (χ0v) is 15.6. The van der Waals surface area contributed by atoms with Gasteiger partial charge < -0.3 is 10.1 Å². The van der Waals surface area contributed by atoms with E-state index in [1.165, 1.54) is 12.0 Å². The number of aryl methyl sites for hydroxylation is 1. The molecule has 2 fully saturated rings. The van der Waals surface area contributed by atoms with Crippen LogP contribution in [-0.4, -0.2) is 42.2 Å². The lowest BCUT2D eigenvalue weighted by atomic mass is 9.81. The van der Waals surface area contributed by atoms with E-state index in [0.717, 1.165) is 31.2 Å². The van der Waals surface area contributed by atoms with Crippen LogP contribution in [0.5, 0.6) is 0 Å². The highest BCUT2D eigenvalue weighted by atomic mass is 16.5. The summed E-state index contributed by atoms with van der Waals surface area (Å²) in [6.07, 6.45) is 3.50. The number of hydrogen-bond acceptors (Lipinski definition) is 5. The standard InChI is InChI=1S/C20H24N2O5/c1-12-7-8-13(20(26)27-2)11-16(12)21-17(23)9-10-22-18(24)14-5-3-4-6-15(14)19(22)25/h7-8,11,14-15H,3-6,9-10H2,1-2H3,(H,21,23)/t14-,15-/m1/s1. The summed E-state index contributed by atoms with van der Waals surface area (Å²) in [4.78, 5) is 50.1. The zero-order valence-electron chi connectivity index (χ0n) is 15.6. The van der Waals surface area contributed by atoms with Gasteiger partial charge in [0.2, 0.25) is 17.7 Å². The zero-order chi connectivity index (χ0) is 19.6. The molecule has 1 aromatic rings. The van der Waals surface area contributed by atoms with Crippen LogP contribution in [0.3, 0.4) is 0 Å². The molecule has 0 unspecified atom stereocenters. The number of benzene rings is 1. The van der Waals surface area contributed by atoms with Crippen LogP contribution in [0, 0.1) is 18.8 Å². The van der Waals surface area contributed by atoms with Crippen molar-refractivity contribution in [2.75, 3.05) is 19.0 Å². The first-order valence-electron chi connectivity index (χ1n) is 9.26. The van der Waals surface area contributed by atoms with E-state index in [0.29, 0.717) is 11.3 Å². The number of anilines is 1. The Morgan fingerprint density at radius 3 is 2.37 bits per heavy atom. The highest BCUT2D eigenvalue weighted by Crippen LogP contribution is 2.38. The van der Waals surface area contributed by atoms with Gasteiger partial charge in [-0.25, -0.2) is 4.79 Å². The molecule has 3 amide bonds. The molecular weight excluding hydrogens is 348 g/mol. The molecule has 7 heteroatoms. The molecule has 1 N–H and O–H groups in total. The van der Waals surface area contributed by atoms with Crippen LogP contribution >= 0.6 is 0 Å². The third-order valence-corrected chi connectivity index (χ3v) is 5.43. The van der Waals surface area contributed by atoms with Gasteiger partial charge in [0.05, 0.1) is 24.5 Å². The topological polar surface area (TPSA) is 92.8 Å². The molecule has 0 radical (unpaired) electrons. The molecule has 144 valence electrons. The highest BCUT2D eigenvalue weighted by molar-refractivity contribution is 6.05. The van der Waals surface area contributed by atoms with Crippen molar-refractivity contribution in [2.45, 2.75) is 39.0 Å². The number of ether oxygens (including phenoxy) is 1. The average molecular weight is 372 g/mol. The monoisotopic (exact) mass is 372 g/mol. The van der Waals surface area contributed by atoms with Crippen molar-refractivity contribution in [3.8, 4) is 0 Å². The second kappa shape index (κ2) is 7.90. The lowest BCUT2D eigenvalue weighted by Gasteiger charge is -2.19. The van der Waals surface area contributed by atoms with Crippen LogP contribution in [0.25, 0.3) is 0 Å². The molecule has 1 aromatic carbocycles. The van der Waals surface area contributed by atoms with Gasteiger partial charge in [0, 0.05) is 18.7 Å². The van der Waals surface area contributed by atoms with Crippen LogP contribution < -0.4 is 5.32 Å². The van der Waals surface area contributed by atoms with Gasteiger partial charge in [0.1, 0.15) is 0 Å². The Bertz CT molecular complexity index is 765. The summed E-state index contributed by atoms with van der Waals surface area (Å²) >= 11 is 0. The summed E-state index contributed by atoms with van der Waals surface area (Å²) in [5.74, 6) is -1.47. The molecule has 2 atom stereocenters. The first-order valence-corrected chi connectivity index (χ1v) is 9.26. The van der Waals surface area contributed by atoms with Crippen LogP contribution in [0.2, 0.25) is 0 Å². The molecule has 1 saturated carbocycles. The number of methoxy groups -OCH3 is 1. The van der Waals surface area contributed by atoms with Crippen LogP contribution in [0.4, 0.5) is 5.69 Å². The number of fused-ring (bicyclic) bond motifs is 1. The van der Waals surface area contributed by atoms with Gasteiger partial charge in [0.25, 0.3) is 0 Å². The van der Waals surface area contributed by atoms with Gasteiger partial charge in [-0.1, -0.05) is 18.9 Å². The number of imide groups is 1. The smallest absolute Gasteiger partial charge is 0.337 e. The molecule has 0 aromatic heterocycles. The molecule has 2 aliphatic rings. The summed E-state index contributed by atoms with van der Waals surface area (Å²) in [6, 6.07) is 4.90. The molecule has 27 heavy (non-hydrogen) atoms. The van der Waals surface area contributed by atoms with Crippen molar-refractivity contribution in [3.05, 3.63) is 29.3 Å². The number of esters is 1. The molecule has 0 bridgehead atoms. The van der Waals surface area contributed by atoms with Gasteiger partial charge in [-0.05, 0) is 37.5 Å². The number of nitrogens with zero attached hydrogens (tertiary/aromatic N) is 1. The minimum Gasteiger partial charge on any atom is -0.465 e. The molecule has 7 nitrogen and oxygen atoms in total. The largest absolute Gasteiger partial charge is 0.465 e. The first-order chi connectivity index (χ1) is 12.9. The number of carbonyl (C=O) groups excluding carboxylic acids is 4. The highest BCUT2D eigenvalue weighted by Gasteiger charge is 2.47. The maximum absolute atomic E-state index is 12.4. The maximum atomic E-state index is 12.4. The number of hydrogen-bond donors (Lipinski definition) is 1. The van der Waals surface area contributed by atoms with Crippen molar-refractivity contribution in [1.82, 2.24) is 4.90 Å². The molecule has 3 rings (SSSR count). The lowest BCUT2D eigenvalue weighted by Crippen LogP contribution is -2.34. The average Bonchev–Trinajstić information content (AvgIpc) is 2.92. The summed E-state index contributed by atoms with van der Waals surface area (Å²) in [5.41, 5.74) is 1.65. The summed E-state index contributed by atoms with van der Waals surface area (Å²) in [5, 5.41) is 2.75. The van der Waals surface area contributed by atoms with Crippen molar-refractivity contribution in [2.24, 2.45) is 11.8 Å². The second-order valence-electron chi connectivity index (χ2n) is 7.15. The Labute approximate surface area is 158 Å². The van der Waals surface area contributed by atoms with E-state index in [2.05, 4.69) is 10.1 Å². The summed E-state index contributed by atoms with van der Waals surface area (Å²) < 4.78 is 4.69. The second-order valence-corrected chi connectivity index (χ2v) is 7.15. The predicted molar refractivity (Wildman–Crippen MR) is 97.9 cm³/mol. The molecule has 1 aliphatic heterocycles. The number of rotatable bonds is 5. The third-order valence-electron chi connectivity index (χ3n) is 5.43. The van der Waals surface area contributed by atoms with Gasteiger partial charge in [-0.15, -0.1) is 0 Å². The quantitative estimate of drug-likeness (QED) is 0.632. The van der Waals surface area contributed by atoms with E-state index >= 15 is 0 Å². The molecule has 1 saturated heterocycles. The molecular formula is C20H24N2O5. The fourth-order valence-electron chi connectivity index (χ4n) is 3.88. The molecule has 1 heterocycles. The minimum atomic E-state index is -0.485. The predicted octanol–water partition coefficient (Wildman–Crippen LogP) is 2.29. The Balaban J connectivity index is 1.61. The van der Waals surface area contributed by atoms with E-state index in [9.17, 15) is 19.2 Å². The number of nitrogens with one attached hydrogen (secondary N) is 1. The van der Waals surface area contributed by atoms with Crippen molar-refractivity contribution < 1.29 is 23.9 Å². The van der Waals surface area contributed by atoms with Gasteiger partial charge in [-0.3, -0.25) is 19.3 Å². The van der Waals surface area contributed by atoms with Crippen molar-refractivity contribution >= 4 is 29.4 Å². The normalized spacial score (nSPS) is 21.8. The fourth-order valence-corrected chi connectivity index (χ4v) is 3.88. The number of likely N-dealkylation sites (tertiary alicyclic amines) is 1. The van der Waals surface area contributed by atoms with E-state index in [1.54, 1.807) is 18.2 Å². The van der Waals surface area contributed by atoms with E-state index in [-0.39, 0.29) is 42.5 Å². The van der Waals surface area contributed by atoms with Gasteiger partial charge in [0.15, 0.2) is 0 Å². The molecule has 0 spiro atoms. The Kier molecular flexibility index (Phi) is 5.58. The van der Waals surface area contributed by atoms with E-state index < -0.39 is 5.97 Å². The number of carbonyl (C=O) groups is 4. The Morgan fingerprint density at radius 1 is 1.15 bits per heavy atom. The maximum Gasteiger partial charge on any atom is 0.337 e. The Hall–Kier alpha value is -2.70. The third kappa shape index (κ3) is 3.86. The lowest BCUT2D eigenvalue weighted by molar-refractivity contribution is -0.140. The SMILES string of the molecule is COC(=O)c1ccc(C)c(NC(=O)CCN2C(=O)[C@@H]3CCCC[C@H]3C2=O)c1. The van der Waals surface area contributed by atoms with Gasteiger partial charge in [-0.2, -0.15) is 0 Å².